The topological polar surface area (TPSA) is 108 Å². The van der Waals surface area contributed by atoms with Crippen molar-refractivity contribution in [2.75, 3.05) is 13.1 Å². The monoisotopic (exact) mass is 212 g/mol. The lowest BCUT2D eigenvalue weighted by Gasteiger charge is -2.15. The minimum absolute atomic E-state index is 0.00481. The maximum atomic E-state index is 11.1. The molecule has 6 amide bonds. The number of nitrogens with one attached hydrogen (secondary N) is 3. The van der Waals surface area contributed by atoms with E-state index in [0.717, 1.165) is 4.90 Å². The molecule has 0 bridgehead atoms. The van der Waals surface area contributed by atoms with Gasteiger partial charge in [0, 0.05) is 0 Å². The van der Waals surface area contributed by atoms with Crippen LogP contribution in [0.25, 0.3) is 0 Å². The largest absolute Gasteiger partial charge is 0.324 e. The van der Waals surface area contributed by atoms with Crippen molar-refractivity contribution >= 4 is 23.9 Å². The maximum Gasteiger partial charge on any atom is 0.324 e. The van der Waals surface area contributed by atoms with E-state index in [2.05, 4.69) is 10.6 Å². The molecule has 0 aromatic rings. The molecule has 8 nitrogen and oxygen atoms in total. The molecule has 2 heterocycles. The predicted octanol–water partition coefficient (Wildman–Crippen LogP) is -2.25. The lowest BCUT2D eigenvalue weighted by Crippen LogP contribution is -2.43. The summed E-state index contributed by atoms with van der Waals surface area (Å²) >= 11 is 0. The number of rotatable bonds is 2. The average Bonchev–Trinajstić information content (AvgIpc) is 2.58. The van der Waals surface area contributed by atoms with Crippen LogP contribution in [0.4, 0.5) is 9.59 Å². The van der Waals surface area contributed by atoms with Crippen LogP contribution in [0.2, 0.25) is 0 Å². The molecule has 2 rings (SSSR count). The Morgan fingerprint density at radius 1 is 1.20 bits per heavy atom. The molecule has 0 aliphatic carbocycles. The SMILES string of the molecule is O=C1CN(CC2NC(=O)NC2=O)C(=O)N1. The zero-order valence-electron chi connectivity index (χ0n) is 7.57. The molecule has 0 radical (unpaired) electrons. The molecule has 1 atom stereocenters. The van der Waals surface area contributed by atoms with E-state index in [1.165, 1.54) is 0 Å². The van der Waals surface area contributed by atoms with Gasteiger partial charge in [-0.3, -0.25) is 20.2 Å². The third-order valence-electron chi connectivity index (χ3n) is 2.13. The molecule has 1 unspecified atom stereocenters. The molecule has 0 saturated carbocycles. The summed E-state index contributed by atoms with van der Waals surface area (Å²) in [6.07, 6.45) is 0. The van der Waals surface area contributed by atoms with Crippen molar-refractivity contribution in [1.82, 2.24) is 20.9 Å². The predicted molar refractivity (Wildman–Crippen MR) is 45.6 cm³/mol. The maximum absolute atomic E-state index is 11.1. The van der Waals surface area contributed by atoms with Gasteiger partial charge in [-0.15, -0.1) is 0 Å². The first kappa shape index (κ1) is 9.44. The molecule has 2 fully saturated rings. The summed E-state index contributed by atoms with van der Waals surface area (Å²) in [7, 11) is 0. The smallest absolute Gasteiger partial charge is 0.324 e. The van der Waals surface area contributed by atoms with Crippen molar-refractivity contribution in [3.63, 3.8) is 0 Å². The van der Waals surface area contributed by atoms with Gasteiger partial charge in [0.15, 0.2) is 0 Å². The highest BCUT2D eigenvalue weighted by Crippen LogP contribution is 2.02. The zero-order chi connectivity index (χ0) is 11.0. The zero-order valence-corrected chi connectivity index (χ0v) is 7.57. The first-order valence-corrected chi connectivity index (χ1v) is 4.26. The van der Waals surface area contributed by atoms with E-state index in [9.17, 15) is 19.2 Å². The number of imide groups is 2. The van der Waals surface area contributed by atoms with Crippen molar-refractivity contribution < 1.29 is 19.2 Å². The summed E-state index contributed by atoms with van der Waals surface area (Å²) in [5.74, 6) is -0.906. The number of hydrogen-bond donors (Lipinski definition) is 3. The van der Waals surface area contributed by atoms with Gasteiger partial charge in [-0.05, 0) is 0 Å². The molecule has 2 saturated heterocycles. The lowest BCUT2D eigenvalue weighted by molar-refractivity contribution is -0.121. The Labute approximate surface area is 84.0 Å². The van der Waals surface area contributed by atoms with E-state index >= 15 is 0 Å². The number of amides is 6. The van der Waals surface area contributed by atoms with E-state index in [4.69, 9.17) is 0 Å². The number of nitrogens with zero attached hydrogens (tertiary/aromatic N) is 1. The second-order valence-electron chi connectivity index (χ2n) is 3.25. The quantitative estimate of drug-likeness (QED) is 0.449. The number of urea groups is 2. The first-order valence-electron chi connectivity index (χ1n) is 4.26. The standard InChI is InChI=1S/C7H8N4O4/c12-4-2-11(7(15)9-4)1-3-5(13)10-6(14)8-3/h3H,1-2H2,(H,9,12,15)(H2,8,10,13,14). The van der Waals surface area contributed by atoms with Gasteiger partial charge < -0.3 is 10.2 Å². The van der Waals surface area contributed by atoms with Crippen molar-refractivity contribution in [2.24, 2.45) is 0 Å². The van der Waals surface area contributed by atoms with Crippen LogP contribution in [0, 0.1) is 0 Å². The van der Waals surface area contributed by atoms with Crippen LogP contribution in [-0.2, 0) is 9.59 Å². The fourth-order valence-corrected chi connectivity index (χ4v) is 1.44. The molecule has 0 spiro atoms. The average molecular weight is 212 g/mol. The second-order valence-corrected chi connectivity index (χ2v) is 3.25. The summed E-state index contributed by atoms with van der Waals surface area (Å²) in [5, 5.41) is 6.44. The molecule has 2 aliphatic heterocycles. The molecule has 0 aromatic carbocycles. The number of hydrogen-bond acceptors (Lipinski definition) is 4. The summed E-state index contributed by atoms with van der Waals surface area (Å²) in [4.78, 5) is 45.0. The highest BCUT2D eigenvalue weighted by atomic mass is 16.2. The third-order valence-corrected chi connectivity index (χ3v) is 2.13. The van der Waals surface area contributed by atoms with Crippen LogP contribution >= 0.6 is 0 Å². The summed E-state index contributed by atoms with van der Waals surface area (Å²) in [5.41, 5.74) is 0. The van der Waals surface area contributed by atoms with Crippen LogP contribution in [0.5, 0.6) is 0 Å². The van der Waals surface area contributed by atoms with E-state index in [0.29, 0.717) is 0 Å². The van der Waals surface area contributed by atoms with Crippen LogP contribution in [0.15, 0.2) is 0 Å². The lowest BCUT2D eigenvalue weighted by atomic mass is 10.3. The van der Waals surface area contributed by atoms with Crippen LogP contribution in [0.1, 0.15) is 0 Å². The Balaban J connectivity index is 1.98. The van der Waals surface area contributed by atoms with E-state index in [-0.39, 0.29) is 13.1 Å². The highest BCUT2D eigenvalue weighted by molar-refractivity contribution is 6.05. The molecular weight excluding hydrogens is 204 g/mol. The van der Waals surface area contributed by atoms with Crippen molar-refractivity contribution in [2.45, 2.75) is 6.04 Å². The summed E-state index contributed by atoms with van der Waals surface area (Å²) < 4.78 is 0. The molecule has 3 N–H and O–H groups in total. The Morgan fingerprint density at radius 2 is 1.93 bits per heavy atom. The fraction of sp³-hybridized carbons (Fsp3) is 0.429. The number of carbonyl (C=O) groups excluding carboxylic acids is 4. The second kappa shape index (κ2) is 3.23. The van der Waals surface area contributed by atoms with Gasteiger partial charge in [-0.2, -0.15) is 0 Å². The Morgan fingerprint density at radius 3 is 2.40 bits per heavy atom. The van der Waals surface area contributed by atoms with E-state index in [1.807, 2.05) is 5.32 Å². The van der Waals surface area contributed by atoms with Crippen LogP contribution in [0.3, 0.4) is 0 Å². The summed E-state index contributed by atoms with van der Waals surface area (Å²) in [6.45, 7) is -0.0897. The van der Waals surface area contributed by atoms with Gasteiger partial charge in [-0.1, -0.05) is 0 Å². The molecule has 15 heavy (non-hydrogen) atoms. The van der Waals surface area contributed by atoms with Crippen LogP contribution < -0.4 is 16.0 Å². The van der Waals surface area contributed by atoms with Gasteiger partial charge in [0.05, 0.1) is 6.54 Å². The van der Waals surface area contributed by atoms with Gasteiger partial charge in [-0.25, -0.2) is 9.59 Å². The summed E-state index contributed by atoms with van der Waals surface area (Å²) in [6, 6.07) is -1.92. The highest BCUT2D eigenvalue weighted by Gasteiger charge is 2.35. The molecular formula is C7H8N4O4. The van der Waals surface area contributed by atoms with Crippen LogP contribution in [-0.4, -0.2) is 47.9 Å². The molecule has 80 valence electrons. The Hall–Kier alpha value is -2.12. The molecule has 8 heteroatoms. The minimum Gasteiger partial charge on any atom is -0.324 e. The normalized spacial score (nSPS) is 25.3. The molecule has 0 aromatic heterocycles. The van der Waals surface area contributed by atoms with Gasteiger partial charge >= 0.3 is 12.1 Å². The van der Waals surface area contributed by atoms with Crippen molar-refractivity contribution in [3.05, 3.63) is 0 Å². The first-order chi connectivity index (χ1) is 7.06. The number of carbonyl (C=O) groups is 4. The Bertz CT molecular complexity index is 332. The van der Waals surface area contributed by atoms with Gasteiger partial charge in [0.1, 0.15) is 12.6 Å². The van der Waals surface area contributed by atoms with Gasteiger partial charge in [0.2, 0.25) is 5.91 Å². The van der Waals surface area contributed by atoms with Crippen molar-refractivity contribution in [3.8, 4) is 0 Å². The fourth-order valence-electron chi connectivity index (χ4n) is 1.44. The van der Waals surface area contributed by atoms with Crippen molar-refractivity contribution in [1.29, 1.82) is 0 Å². The Kier molecular flexibility index (Phi) is 2.03. The van der Waals surface area contributed by atoms with Gasteiger partial charge in [0.25, 0.3) is 5.91 Å². The third kappa shape index (κ3) is 1.73. The van der Waals surface area contributed by atoms with E-state index in [1.54, 1.807) is 0 Å². The minimum atomic E-state index is -0.783. The van der Waals surface area contributed by atoms with E-state index < -0.39 is 29.9 Å². The molecule has 2 aliphatic rings.